The molecule has 74 valence electrons. The van der Waals surface area contributed by atoms with Crippen LogP contribution < -0.4 is 5.73 Å². The van der Waals surface area contributed by atoms with Crippen molar-refractivity contribution in [3.8, 4) is 0 Å². The van der Waals surface area contributed by atoms with Crippen LogP contribution in [0.1, 0.15) is 39.5 Å². The van der Waals surface area contributed by atoms with E-state index in [-0.39, 0.29) is 0 Å². The lowest BCUT2D eigenvalue weighted by molar-refractivity contribution is 0.419. The first-order valence-electron chi connectivity index (χ1n) is 5.50. The van der Waals surface area contributed by atoms with Gasteiger partial charge in [0.05, 0.1) is 11.9 Å². The van der Waals surface area contributed by atoms with Gasteiger partial charge in [0.25, 0.3) is 0 Å². The quantitative estimate of drug-likeness (QED) is 0.513. The van der Waals surface area contributed by atoms with Gasteiger partial charge in [0.2, 0.25) is 0 Å². The van der Waals surface area contributed by atoms with Gasteiger partial charge in [-0.1, -0.05) is 20.3 Å². The zero-order chi connectivity index (χ0) is 9.42. The third-order valence-electron chi connectivity index (χ3n) is 3.61. The second-order valence-corrected chi connectivity index (χ2v) is 4.95. The lowest BCUT2D eigenvalue weighted by Crippen LogP contribution is -2.24. The highest BCUT2D eigenvalue weighted by Gasteiger charge is 2.39. The SMILES string of the molecule is CC(C)C(N)=NC1CC2CCC1C2. The number of rotatable bonds is 2. The van der Waals surface area contributed by atoms with Gasteiger partial charge in [-0.15, -0.1) is 0 Å². The van der Waals surface area contributed by atoms with Crippen LogP contribution in [-0.2, 0) is 0 Å². The summed E-state index contributed by atoms with van der Waals surface area (Å²) in [5, 5.41) is 0. The molecular formula is C11H20N2. The molecule has 0 radical (unpaired) electrons. The third-order valence-corrected chi connectivity index (χ3v) is 3.61. The fourth-order valence-electron chi connectivity index (χ4n) is 2.71. The van der Waals surface area contributed by atoms with Crippen LogP contribution >= 0.6 is 0 Å². The molecule has 3 atom stereocenters. The highest BCUT2D eigenvalue weighted by molar-refractivity contribution is 5.82. The number of nitrogens with two attached hydrogens (primary N) is 1. The van der Waals surface area contributed by atoms with E-state index in [2.05, 4.69) is 18.8 Å². The predicted molar refractivity (Wildman–Crippen MR) is 55.7 cm³/mol. The average Bonchev–Trinajstić information content (AvgIpc) is 2.64. The minimum atomic E-state index is 0.416. The van der Waals surface area contributed by atoms with Gasteiger partial charge in [0.1, 0.15) is 0 Å². The molecular weight excluding hydrogens is 160 g/mol. The maximum atomic E-state index is 5.88. The zero-order valence-electron chi connectivity index (χ0n) is 8.66. The summed E-state index contributed by atoms with van der Waals surface area (Å²) in [5.74, 6) is 3.11. The summed E-state index contributed by atoms with van der Waals surface area (Å²) in [6.07, 6.45) is 5.56. The van der Waals surface area contributed by atoms with E-state index in [1.165, 1.54) is 25.7 Å². The molecule has 0 spiro atoms. The molecule has 0 aromatic rings. The number of hydrogen-bond donors (Lipinski definition) is 1. The average molecular weight is 180 g/mol. The van der Waals surface area contributed by atoms with Gasteiger partial charge in [-0.2, -0.15) is 0 Å². The Morgan fingerprint density at radius 1 is 1.31 bits per heavy atom. The molecule has 0 heterocycles. The molecule has 13 heavy (non-hydrogen) atoms. The maximum absolute atomic E-state index is 5.88. The van der Waals surface area contributed by atoms with Crippen LogP contribution in [0.15, 0.2) is 4.99 Å². The van der Waals surface area contributed by atoms with Crippen molar-refractivity contribution in [3.63, 3.8) is 0 Å². The van der Waals surface area contributed by atoms with Crippen LogP contribution in [-0.4, -0.2) is 11.9 Å². The van der Waals surface area contributed by atoms with Gasteiger partial charge in [-0.05, 0) is 31.1 Å². The Morgan fingerprint density at radius 3 is 2.54 bits per heavy atom. The van der Waals surface area contributed by atoms with Gasteiger partial charge >= 0.3 is 0 Å². The largest absolute Gasteiger partial charge is 0.387 e. The second-order valence-electron chi connectivity index (χ2n) is 4.95. The lowest BCUT2D eigenvalue weighted by Gasteiger charge is -2.19. The Bertz CT molecular complexity index is 220. The van der Waals surface area contributed by atoms with Crippen molar-refractivity contribution in [3.05, 3.63) is 0 Å². The first kappa shape index (κ1) is 9.04. The Labute approximate surface area is 80.6 Å². The molecule has 0 aromatic heterocycles. The Kier molecular flexibility index (Phi) is 2.31. The summed E-state index contributed by atoms with van der Waals surface area (Å²) >= 11 is 0. The third kappa shape index (κ3) is 1.72. The molecule has 2 aliphatic rings. The van der Waals surface area contributed by atoms with E-state index in [0.29, 0.717) is 12.0 Å². The standard InChI is InChI=1S/C11H20N2/c1-7(2)11(12)13-10-6-8-3-4-9(10)5-8/h7-10H,3-6H2,1-2H3,(H2,12,13). The summed E-state index contributed by atoms with van der Waals surface area (Å²) in [5.41, 5.74) is 5.88. The minimum Gasteiger partial charge on any atom is -0.387 e. The Balaban J connectivity index is 1.99. The summed E-state index contributed by atoms with van der Waals surface area (Å²) in [6.45, 7) is 4.23. The molecule has 2 heteroatoms. The summed E-state index contributed by atoms with van der Waals surface area (Å²) in [7, 11) is 0. The van der Waals surface area contributed by atoms with Crippen LogP contribution in [0.5, 0.6) is 0 Å². The maximum Gasteiger partial charge on any atom is 0.0966 e. The highest BCUT2D eigenvalue weighted by Crippen LogP contribution is 2.45. The molecule has 2 rings (SSSR count). The lowest BCUT2D eigenvalue weighted by atomic mass is 9.96. The zero-order valence-corrected chi connectivity index (χ0v) is 8.66. The molecule has 0 aliphatic heterocycles. The van der Waals surface area contributed by atoms with E-state index >= 15 is 0 Å². The van der Waals surface area contributed by atoms with Gasteiger partial charge in [-0.25, -0.2) is 0 Å². The molecule has 2 fully saturated rings. The number of hydrogen-bond acceptors (Lipinski definition) is 1. The highest BCUT2D eigenvalue weighted by atomic mass is 14.9. The molecule has 0 saturated heterocycles. The monoisotopic (exact) mass is 180 g/mol. The van der Waals surface area contributed by atoms with Crippen LogP contribution in [0.4, 0.5) is 0 Å². The van der Waals surface area contributed by atoms with Gasteiger partial charge in [0.15, 0.2) is 0 Å². The molecule has 2 aliphatic carbocycles. The van der Waals surface area contributed by atoms with Gasteiger partial charge in [0, 0.05) is 5.92 Å². The molecule has 2 saturated carbocycles. The summed E-state index contributed by atoms with van der Waals surface area (Å²) < 4.78 is 0. The topological polar surface area (TPSA) is 38.4 Å². The van der Waals surface area contributed by atoms with Crippen LogP contribution in [0.25, 0.3) is 0 Å². The summed E-state index contributed by atoms with van der Waals surface area (Å²) in [4.78, 5) is 4.65. The van der Waals surface area contributed by atoms with Crippen molar-refractivity contribution in [1.82, 2.24) is 0 Å². The van der Waals surface area contributed by atoms with E-state index in [1.807, 2.05) is 0 Å². The van der Waals surface area contributed by atoms with E-state index in [9.17, 15) is 0 Å². The van der Waals surface area contributed by atoms with Gasteiger partial charge < -0.3 is 5.73 Å². The Hall–Kier alpha value is -0.530. The second kappa shape index (κ2) is 3.32. The number of amidine groups is 1. The molecule has 0 aromatic carbocycles. The molecule has 2 nitrogen and oxygen atoms in total. The van der Waals surface area contributed by atoms with Crippen molar-refractivity contribution in [2.75, 3.05) is 0 Å². The van der Waals surface area contributed by atoms with Crippen LogP contribution in [0.3, 0.4) is 0 Å². The first-order valence-corrected chi connectivity index (χ1v) is 5.50. The van der Waals surface area contributed by atoms with Crippen LogP contribution in [0, 0.1) is 17.8 Å². The smallest absolute Gasteiger partial charge is 0.0966 e. The number of nitrogens with zero attached hydrogens (tertiary/aromatic N) is 1. The van der Waals surface area contributed by atoms with Crippen molar-refractivity contribution < 1.29 is 0 Å². The van der Waals surface area contributed by atoms with E-state index < -0.39 is 0 Å². The van der Waals surface area contributed by atoms with Crippen molar-refractivity contribution in [1.29, 1.82) is 0 Å². The molecule has 3 unspecified atom stereocenters. The normalized spacial score (nSPS) is 39.0. The fourth-order valence-corrected chi connectivity index (χ4v) is 2.71. The molecule has 2 bridgehead atoms. The van der Waals surface area contributed by atoms with E-state index in [4.69, 9.17) is 5.73 Å². The van der Waals surface area contributed by atoms with Crippen LogP contribution in [0.2, 0.25) is 0 Å². The molecule has 2 N–H and O–H groups in total. The number of fused-ring (bicyclic) bond motifs is 2. The Morgan fingerprint density at radius 2 is 2.08 bits per heavy atom. The minimum absolute atomic E-state index is 0.416. The fraction of sp³-hybridized carbons (Fsp3) is 0.909. The first-order chi connectivity index (χ1) is 6.16. The van der Waals surface area contributed by atoms with Crippen molar-refractivity contribution in [2.45, 2.75) is 45.6 Å². The van der Waals surface area contributed by atoms with E-state index in [1.54, 1.807) is 0 Å². The van der Waals surface area contributed by atoms with Crippen molar-refractivity contribution >= 4 is 5.84 Å². The number of aliphatic imine (C=N–C) groups is 1. The van der Waals surface area contributed by atoms with Crippen molar-refractivity contribution in [2.24, 2.45) is 28.5 Å². The summed E-state index contributed by atoms with van der Waals surface area (Å²) in [6, 6.07) is 0.571. The molecule has 0 amide bonds. The predicted octanol–water partition coefficient (Wildman–Crippen LogP) is 2.19. The van der Waals surface area contributed by atoms with Gasteiger partial charge in [-0.3, -0.25) is 4.99 Å². The van der Waals surface area contributed by atoms with E-state index in [0.717, 1.165) is 17.7 Å².